The number of fused-ring (bicyclic) bond motifs is 1. The van der Waals surface area contributed by atoms with E-state index in [-0.39, 0.29) is 16.3 Å². The van der Waals surface area contributed by atoms with Crippen LogP contribution in [0.25, 0.3) is 10.8 Å². The van der Waals surface area contributed by atoms with Gasteiger partial charge in [0.05, 0.1) is 10.6 Å². The Morgan fingerprint density at radius 1 is 0.913 bits per heavy atom. The van der Waals surface area contributed by atoms with Crippen LogP contribution in [0.3, 0.4) is 0 Å². The van der Waals surface area contributed by atoms with Gasteiger partial charge in [-0.05, 0) is 35.7 Å². The molecule has 116 valence electrons. The van der Waals surface area contributed by atoms with E-state index >= 15 is 0 Å². The minimum Gasteiger partial charge on any atom is -0.506 e. The van der Waals surface area contributed by atoms with Crippen molar-refractivity contribution in [2.45, 2.75) is 4.90 Å². The molecular formula is C16H13N3O3S. The van der Waals surface area contributed by atoms with Gasteiger partial charge in [-0.15, -0.1) is 5.11 Å². The maximum atomic E-state index is 11.5. The summed E-state index contributed by atoms with van der Waals surface area (Å²) in [7, 11) is -3.84. The first-order chi connectivity index (χ1) is 10.9. The fourth-order valence-electron chi connectivity index (χ4n) is 2.16. The van der Waals surface area contributed by atoms with Crippen LogP contribution < -0.4 is 5.14 Å². The molecule has 0 saturated carbocycles. The number of hydrogen-bond acceptors (Lipinski definition) is 5. The second kappa shape index (κ2) is 5.79. The third kappa shape index (κ3) is 3.20. The Kier molecular flexibility index (Phi) is 3.81. The average Bonchev–Trinajstić information content (AvgIpc) is 2.53. The highest BCUT2D eigenvalue weighted by Crippen LogP contribution is 2.37. The Bertz CT molecular complexity index is 1000. The minimum atomic E-state index is -3.84. The topological polar surface area (TPSA) is 105 Å². The van der Waals surface area contributed by atoms with Crippen molar-refractivity contribution < 1.29 is 13.5 Å². The zero-order chi connectivity index (χ0) is 16.4. The molecule has 0 radical (unpaired) electrons. The summed E-state index contributed by atoms with van der Waals surface area (Å²) in [4.78, 5) is -0.0493. The number of azo groups is 1. The first kappa shape index (κ1) is 15.1. The molecule has 0 bridgehead atoms. The fraction of sp³-hybridized carbons (Fsp3) is 0. The maximum absolute atomic E-state index is 11.5. The van der Waals surface area contributed by atoms with E-state index in [0.29, 0.717) is 11.1 Å². The standard InChI is InChI=1S/C16H13N3O3S/c17-23(21,22)13-8-6-11-7-9-15(20)16(14(11)10-13)19-18-12-4-2-1-3-5-12/h1-10,20H,(H2,17,21,22). The van der Waals surface area contributed by atoms with E-state index in [1.165, 1.54) is 18.2 Å². The van der Waals surface area contributed by atoms with E-state index in [1.807, 2.05) is 18.2 Å². The molecule has 23 heavy (non-hydrogen) atoms. The van der Waals surface area contributed by atoms with Crippen molar-refractivity contribution in [3.63, 3.8) is 0 Å². The lowest BCUT2D eigenvalue weighted by atomic mass is 10.1. The Labute approximate surface area is 133 Å². The Balaban J connectivity index is 2.18. The van der Waals surface area contributed by atoms with Gasteiger partial charge >= 0.3 is 0 Å². The summed E-state index contributed by atoms with van der Waals surface area (Å²) < 4.78 is 23.0. The third-order valence-corrected chi connectivity index (χ3v) is 4.20. The second-order valence-electron chi connectivity index (χ2n) is 4.90. The van der Waals surface area contributed by atoms with E-state index < -0.39 is 10.0 Å². The highest BCUT2D eigenvalue weighted by molar-refractivity contribution is 7.89. The number of rotatable bonds is 3. The molecule has 0 aliphatic heterocycles. The van der Waals surface area contributed by atoms with Crippen molar-refractivity contribution in [1.29, 1.82) is 0 Å². The SMILES string of the molecule is NS(=O)(=O)c1ccc2ccc(O)c(N=Nc3ccccc3)c2c1. The number of aromatic hydroxyl groups is 1. The molecule has 7 heteroatoms. The van der Waals surface area contributed by atoms with Crippen LogP contribution in [0.4, 0.5) is 11.4 Å². The van der Waals surface area contributed by atoms with Gasteiger partial charge in [0.15, 0.2) is 0 Å². The molecule has 3 rings (SSSR count). The van der Waals surface area contributed by atoms with Crippen molar-refractivity contribution in [1.82, 2.24) is 0 Å². The summed E-state index contributed by atoms with van der Waals surface area (Å²) in [5.41, 5.74) is 0.809. The predicted molar refractivity (Wildman–Crippen MR) is 87.6 cm³/mol. The molecule has 3 aromatic rings. The predicted octanol–water partition coefficient (Wildman–Crippen LogP) is 3.61. The zero-order valence-electron chi connectivity index (χ0n) is 11.9. The molecule has 0 heterocycles. The largest absolute Gasteiger partial charge is 0.506 e. The van der Waals surface area contributed by atoms with Gasteiger partial charge in [-0.3, -0.25) is 0 Å². The van der Waals surface area contributed by atoms with Crippen molar-refractivity contribution in [3.8, 4) is 5.75 Å². The summed E-state index contributed by atoms with van der Waals surface area (Å²) >= 11 is 0. The second-order valence-corrected chi connectivity index (χ2v) is 6.46. The highest BCUT2D eigenvalue weighted by atomic mass is 32.2. The van der Waals surface area contributed by atoms with Gasteiger partial charge in [0.1, 0.15) is 11.4 Å². The van der Waals surface area contributed by atoms with Crippen LogP contribution in [0.5, 0.6) is 5.75 Å². The van der Waals surface area contributed by atoms with Crippen LogP contribution in [-0.2, 0) is 10.0 Å². The summed E-state index contributed by atoms with van der Waals surface area (Å²) in [5.74, 6) is -0.0937. The van der Waals surface area contributed by atoms with Gasteiger partial charge in [-0.25, -0.2) is 13.6 Å². The Hall–Kier alpha value is -2.77. The average molecular weight is 327 g/mol. The quantitative estimate of drug-likeness (QED) is 0.718. The van der Waals surface area contributed by atoms with E-state index in [4.69, 9.17) is 5.14 Å². The minimum absolute atomic E-state index is 0.0493. The fourth-order valence-corrected chi connectivity index (χ4v) is 2.70. The summed E-state index contributed by atoms with van der Waals surface area (Å²) in [6, 6.07) is 16.6. The van der Waals surface area contributed by atoms with Crippen LogP contribution >= 0.6 is 0 Å². The van der Waals surface area contributed by atoms with Crippen molar-refractivity contribution >= 4 is 32.2 Å². The number of phenolic OH excluding ortho intramolecular Hbond substituents is 1. The number of primary sulfonamides is 1. The van der Waals surface area contributed by atoms with Crippen LogP contribution in [0.15, 0.2) is 75.8 Å². The number of nitrogens with zero attached hydrogens (tertiary/aromatic N) is 2. The smallest absolute Gasteiger partial charge is 0.238 e. The Morgan fingerprint density at radius 2 is 1.61 bits per heavy atom. The lowest BCUT2D eigenvalue weighted by Gasteiger charge is -2.06. The molecule has 3 N–H and O–H groups in total. The summed E-state index contributed by atoms with van der Waals surface area (Å²) in [5, 5.41) is 24.5. The van der Waals surface area contributed by atoms with Gasteiger partial charge in [0, 0.05) is 5.39 Å². The highest BCUT2D eigenvalue weighted by Gasteiger charge is 2.12. The van der Waals surface area contributed by atoms with Crippen LogP contribution in [0.1, 0.15) is 0 Å². The lowest BCUT2D eigenvalue weighted by molar-refractivity contribution is 0.477. The van der Waals surface area contributed by atoms with E-state index in [9.17, 15) is 13.5 Å². The molecule has 3 aromatic carbocycles. The van der Waals surface area contributed by atoms with Crippen molar-refractivity contribution in [2.75, 3.05) is 0 Å². The van der Waals surface area contributed by atoms with Gasteiger partial charge in [0.25, 0.3) is 0 Å². The van der Waals surface area contributed by atoms with E-state index in [1.54, 1.807) is 24.3 Å². The maximum Gasteiger partial charge on any atom is 0.238 e. The monoisotopic (exact) mass is 327 g/mol. The molecule has 0 unspecified atom stereocenters. The molecule has 0 amide bonds. The molecule has 0 saturated heterocycles. The van der Waals surface area contributed by atoms with Gasteiger partial charge < -0.3 is 5.11 Å². The van der Waals surface area contributed by atoms with Crippen LogP contribution in [0.2, 0.25) is 0 Å². The molecule has 0 atom stereocenters. The van der Waals surface area contributed by atoms with E-state index in [0.717, 1.165) is 5.39 Å². The summed E-state index contributed by atoms with van der Waals surface area (Å²) in [6.07, 6.45) is 0. The molecule has 0 aliphatic rings. The third-order valence-electron chi connectivity index (χ3n) is 3.29. The molecule has 0 aromatic heterocycles. The number of nitrogens with two attached hydrogens (primary N) is 1. The molecule has 0 fully saturated rings. The Morgan fingerprint density at radius 3 is 2.30 bits per heavy atom. The van der Waals surface area contributed by atoms with Crippen molar-refractivity contribution in [3.05, 3.63) is 60.7 Å². The first-order valence-electron chi connectivity index (χ1n) is 6.70. The summed E-state index contributed by atoms with van der Waals surface area (Å²) in [6.45, 7) is 0. The lowest BCUT2D eigenvalue weighted by Crippen LogP contribution is -2.11. The van der Waals surface area contributed by atoms with Gasteiger partial charge in [-0.1, -0.05) is 30.3 Å². The van der Waals surface area contributed by atoms with E-state index in [2.05, 4.69) is 10.2 Å². The number of sulfonamides is 1. The van der Waals surface area contributed by atoms with Gasteiger partial charge in [-0.2, -0.15) is 5.11 Å². The molecular weight excluding hydrogens is 314 g/mol. The molecule has 0 spiro atoms. The number of hydrogen-bond donors (Lipinski definition) is 2. The number of benzene rings is 3. The zero-order valence-corrected chi connectivity index (χ0v) is 12.7. The van der Waals surface area contributed by atoms with Crippen molar-refractivity contribution in [2.24, 2.45) is 15.4 Å². The van der Waals surface area contributed by atoms with Crippen LogP contribution in [0, 0.1) is 0 Å². The number of phenols is 1. The first-order valence-corrected chi connectivity index (χ1v) is 8.25. The van der Waals surface area contributed by atoms with Crippen LogP contribution in [-0.4, -0.2) is 13.5 Å². The molecule has 0 aliphatic carbocycles. The molecule has 6 nitrogen and oxygen atoms in total. The normalized spacial score (nSPS) is 12.0. The van der Waals surface area contributed by atoms with Gasteiger partial charge in [0.2, 0.25) is 10.0 Å².